The minimum Gasteiger partial charge on any atom is -0.465 e. The zero-order valence-corrected chi connectivity index (χ0v) is 27.4. The van der Waals surface area contributed by atoms with E-state index in [0.29, 0.717) is 57.0 Å². The molecule has 3 aromatic carbocycles. The molecule has 0 heterocycles. The third-order valence-corrected chi connectivity index (χ3v) is 7.65. The minimum absolute atomic E-state index is 0.00650. The first-order valence-electron chi connectivity index (χ1n) is 16.1. The lowest BCUT2D eigenvalue weighted by atomic mass is 10.0. The third-order valence-electron chi connectivity index (χ3n) is 7.65. The molecule has 0 aromatic heterocycles. The van der Waals surface area contributed by atoms with Gasteiger partial charge in [0.05, 0.1) is 32.8 Å². The largest absolute Gasteiger partial charge is 0.465 e. The number of carbonyl (C=O) groups excluding carboxylic acids is 3. The maximum Gasteiger partial charge on any atom is 0.411 e. The standard InChI is InChI=1S/C36H48N4O7/c1-3-28(26-47-34(43)25-31-6-4-27(2)5-7-31)16-23-46-36(45)39-33-14-10-30(11-15-33)24-29-8-12-32(13-9-29)38-35(44)37-17-18-40(19-21-41)20-22-42/h4-15,28,41-42H,3,16-26H2,1-2H3,(H,39,45)(H2,37,38,44). The Kier molecular flexibility index (Phi) is 16.2. The van der Waals surface area contributed by atoms with E-state index in [4.69, 9.17) is 19.7 Å². The normalized spacial score (nSPS) is 11.5. The van der Waals surface area contributed by atoms with Crippen molar-refractivity contribution in [2.75, 3.05) is 63.2 Å². The maximum absolute atomic E-state index is 12.3. The van der Waals surface area contributed by atoms with Gasteiger partial charge in [-0.2, -0.15) is 0 Å². The molecule has 3 aromatic rings. The zero-order valence-electron chi connectivity index (χ0n) is 27.4. The molecule has 0 aliphatic heterocycles. The van der Waals surface area contributed by atoms with Crippen LogP contribution in [0.15, 0.2) is 72.8 Å². The van der Waals surface area contributed by atoms with Crippen LogP contribution in [0.5, 0.6) is 0 Å². The van der Waals surface area contributed by atoms with E-state index < -0.39 is 6.09 Å². The average molecular weight is 649 g/mol. The monoisotopic (exact) mass is 648 g/mol. The van der Waals surface area contributed by atoms with Crippen LogP contribution < -0.4 is 16.0 Å². The number of esters is 1. The van der Waals surface area contributed by atoms with Crippen LogP contribution in [0.3, 0.4) is 0 Å². The van der Waals surface area contributed by atoms with E-state index in [1.165, 1.54) is 0 Å². The summed E-state index contributed by atoms with van der Waals surface area (Å²) in [5.41, 5.74) is 5.46. The van der Waals surface area contributed by atoms with Gasteiger partial charge in [0, 0.05) is 37.6 Å². The Morgan fingerprint density at radius 3 is 1.91 bits per heavy atom. The number of benzene rings is 3. The number of hydrogen-bond acceptors (Lipinski definition) is 8. The molecule has 3 rings (SSSR count). The van der Waals surface area contributed by atoms with Crippen molar-refractivity contribution in [1.29, 1.82) is 0 Å². The van der Waals surface area contributed by atoms with Gasteiger partial charge in [0.1, 0.15) is 0 Å². The molecule has 0 saturated carbocycles. The van der Waals surface area contributed by atoms with Crippen LogP contribution in [0.4, 0.5) is 21.0 Å². The highest BCUT2D eigenvalue weighted by Gasteiger charge is 2.13. The topological polar surface area (TPSA) is 149 Å². The summed E-state index contributed by atoms with van der Waals surface area (Å²) in [6.45, 7) is 6.31. The van der Waals surface area contributed by atoms with Crippen LogP contribution in [0.1, 0.15) is 42.0 Å². The van der Waals surface area contributed by atoms with E-state index in [2.05, 4.69) is 16.0 Å². The van der Waals surface area contributed by atoms with E-state index in [1.54, 1.807) is 0 Å². The second-order valence-corrected chi connectivity index (χ2v) is 11.4. The van der Waals surface area contributed by atoms with Crippen molar-refractivity contribution in [1.82, 2.24) is 10.2 Å². The van der Waals surface area contributed by atoms with Gasteiger partial charge in [-0.3, -0.25) is 15.0 Å². The Morgan fingerprint density at radius 2 is 1.34 bits per heavy atom. The molecule has 5 N–H and O–H groups in total. The quantitative estimate of drug-likeness (QED) is 0.117. The van der Waals surface area contributed by atoms with Crippen LogP contribution in [0, 0.1) is 12.8 Å². The van der Waals surface area contributed by atoms with Gasteiger partial charge >= 0.3 is 18.1 Å². The Balaban J connectivity index is 1.33. The van der Waals surface area contributed by atoms with Gasteiger partial charge in [0.15, 0.2) is 0 Å². The van der Waals surface area contributed by atoms with Crippen LogP contribution in [0.25, 0.3) is 0 Å². The van der Waals surface area contributed by atoms with Gasteiger partial charge in [-0.25, -0.2) is 9.59 Å². The van der Waals surface area contributed by atoms with E-state index in [1.807, 2.05) is 91.5 Å². The lowest BCUT2D eigenvalue weighted by molar-refractivity contribution is -0.144. The molecule has 1 atom stereocenters. The summed E-state index contributed by atoms with van der Waals surface area (Å²) in [6, 6.07) is 22.5. The molecule has 0 aliphatic carbocycles. The summed E-state index contributed by atoms with van der Waals surface area (Å²) in [7, 11) is 0. The summed E-state index contributed by atoms with van der Waals surface area (Å²) >= 11 is 0. The van der Waals surface area contributed by atoms with Crippen molar-refractivity contribution in [3.63, 3.8) is 0 Å². The lowest BCUT2D eigenvalue weighted by Crippen LogP contribution is -2.39. The van der Waals surface area contributed by atoms with E-state index >= 15 is 0 Å². The maximum atomic E-state index is 12.3. The molecule has 11 nitrogen and oxygen atoms in total. The number of amides is 3. The van der Waals surface area contributed by atoms with E-state index in [9.17, 15) is 14.4 Å². The fourth-order valence-electron chi connectivity index (χ4n) is 4.78. The summed E-state index contributed by atoms with van der Waals surface area (Å²) in [4.78, 5) is 38.6. The van der Waals surface area contributed by atoms with E-state index in [-0.39, 0.29) is 44.2 Å². The molecule has 47 heavy (non-hydrogen) atoms. The number of aryl methyl sites for hydroxylation is 1. The highest BCUT2D eigenvalue weighted by atomic mass is 16.5. The zero-order chi connectivity index (χ0) is 33.9. The van der Waals surface area contributed by atoms with Crippen LogP contribution in [0.2, 0.25) is 0 Å². The molecular weight excluding hydrogens is 600 g/mol. The Morgan fingerprint density at radius 1 is 0.766 bits per heavy atom. The van der Waals surface area contributed by atoms with Gasteiger partial charge in [0.2, 0.25) is 0 Å². The fourth-order valence-corrected chi connectivity index (χ4v) is 4.78. The Hall–Kier alpha value is -4.45. The fraction of sp³-hybridized carbons (Fsp3) is 0.417. The molecule has 0 saturated heterocycles. The smallest absolute Gasteiger partial charge is 0.411 e. The first kappa shape index (κ1) is 37.0. The Labute approximate surface area is 277 Å². The third kappa shape index (κ3) is 14.7. The SMILES string of the molecule is CCC(CCOC(=O)Nc1ccc(Cc2ccc(NC(=O)NCCN(CCO)CCO)cc2)cc1)COC(=O)Cc1ccc(C)cc1. The van der Waals surface area contributed by atoms with Gasteiger partial charge in [-0.1, -0.05) is 61.0 Å². The first-order chi connectivity index (χ1) is 22.8. The molecule has 11 heteroatoms. The highest BCUT2D eigenvalue weighted by Crippen LogP contribution is 2.17. The number of nitrogens with zero attached hydrogens (tertiary/aromatic N) is 1. The molecule has 0 radical (unpaired) electrons. The number of hydrogen-bond donors (Lipinski definition) is 5. The first-order valence-corrected chi connectivity index (χ1v) is 16.1. The molecular formula is C36H48N4O7. The number of ether oxygens (including phenoxy) is 2. The number of aliphatic hydroxyl groups is 2. The van der Waals surface area contributed by atoms with Gasteiger partial charge < -0.3 is 30.3 Å². The van der Waals surface area contributed by atoms with Gasteiger partial charge in [-0.05, 0) is 73.1 Å². The summed E-state index contributed by atoms with van der Waals surface area (Å²) < 4.78 is 10.8. The summed E-state index contributed by atoms with van der Waals surface area (Å²) in [6.07, 6.45) is 1.77. The second kappa shape index (κ2) is 20.6. The van der Waals surface area contributed by atoms with Crippen molar-refractivity contribution in [2.24, 2.45) is 5.92 Å². The van der Waals surface area contributed by atoms with E-state index in [0.717, 1.165) is 28.7 Å². The summed E-state index contributed by atoms with van der Waals surface area (Å²) in [5.74, 6) is -0.165. The number of rotatable bonds is 19. The predicted octanol–water partition coefficient (Wildman–Crippen LogP) is 4.74. The predicted molar refractivity (Wildman–Crippen MR) is 183 cm³/mol. The van der Waals surface area contributed by atoms with Crippen LogP contribution in [-0.4, -0.2) is 85.8 Å². The highest BCUT2D eigenvalue weighted by molar-refractivity contribution is 5.89. The molecule has 1 unspecified atom stereocenters. The summed E-state index contributed by atoms with van der Waals surface area (Å²) in [5, 5.41) is 26.5. The molecule has 0 spiro atoms. The Bertz CT molecular complexity index is 1360. The number of aliphatic hydroxyl groups excluding tert-OH is 2. The van der Waals surface area contributed by atoms with Crippen molar-refractivity contribution in [3.05, 3.63) is 95.1 Å². The molecule has 3 amide bonds. The van der Waals surface area contributed by atoms with Crippen molar-refractivity contribution in [3.8, 4) is 0 Å². The minimum atomic E-state index is -0.538. The van der Waals surface area contributed by atoms with Crippen molar-refractivity contribution >= 4 is 29.5 Å². The molecule has 0 aliphatic rings. The van der Waals surface area contributed by atoms with Gasteiger partial charge in [0.25, 0.3) is 0 Å². The number of urea groups is 1. The number of nitrogens with one attached hydrogen (secondary N) is 3. The molecule has 0 fully saturated rings. The molecule has 0 bridgehead atoms. The average Bonchev–Trinajstić information content (AvgIpc) is 3.06. The molecule has 254 valence electrons. The van der Waals surface area contributed by atoms with Gasteiger partial charge in [-0.15, -0.1) is 0 Å². The lowest BCUT2D eigenvalue weighted by Gasteiger charge is -2.20. The van der Waals surface area contributed by atoms with Crippen LogP contribution in [-0.2, 0) is 27.1 Å². The van der Waals surface area contributed by atoms with Crippen LogP contribution >= 0.6 is 0 Å². The van der Waals surface area contributed by atoms with Crippen molar-refractivity contribution in [2.45, 2.75) is 39.5 Å². The number of anilines is 2. The van der Waals surface area contributed by atoms with Crippen molar-refractivity contribution < 1.29 is 34.1 Å². The number of carbonyl (C=O) groups is 3. The second-order valence-electron chi connectivity index (χ2n) is 11.4.